The molecule has 0 radical (unpaired) electrons. The summed E-state index contributed by atoms with van der Waals surface area (Å²) in [4.78, 5) is 18.5. The first-order valence-electron chi connectivity index (χ1n) is 13.5. The normalized spacial score (nSPS) is 14.2. The molecular weight excluding hydrogens is 610 g/mol. The number of allylic oxidation sites excluding steroid dienone is 1. The van der Waals surface area contributed by atoms with Crippen molar-refractivity contribution in [2.24, 2.45) is 0 Å². The fourth-order valence-electron chi connectivity index (χ4n) is 4.78. The monoisotopic (exact) mass is 637 g/mol. The molecule has 0 fully saturated rings. The minimum atomic E-state index is -0.484. The van der Waals surface area contributed by atoms with Crippen LogP contribution in [0, 0.1) is 0 Å². The second-order valence-electron chi connectivity index (χ2n) is 9.81. The summed E-state index contributed by atoms with van der Waals surface area (Å²) in [6.45, 7) is 2.35. The molecule has 9 heteroatoms. The van der Waals surface area contributed by atoms with E-state index in [1.54, 1.807) is 16.4 Å². The van der Waals surface area contributed by atoms with Crippen LogP contribution in [0.1, 0.15) is 29.7 Å². The van der Waals surface area contributed by atoms with E-state index >= 15 is 0 Å². The minimum Gasteiger partial charge on any atom is -0.489 e. The molecule has 6 rings (SSSR count). The molecule has 1 atom stereocenters. The van der Waals surface area contributed by atoms with Crippen LogP contribution in [0.25, 0.3) is 0 Å². The smallest absolute Gasteiger partial charge is 0.255 e. The molecule has 1 amide bonds. The van der Waals surface area contributed by atoms with Crippen LogP contribution in [0.5, 0.6) is 5.75 Å². The first-order valence-corrected chi connectivity index (χ1v) is 15.3. The summed E-state index contributed by atoms with van der Waals surface area (Å²) in [7, 11) is 0. The number of halogens is 1. The maximum atomic E-state index is 13.7. The molecule has 210 valence electrons. The Kier molecular flexibility index (Phi) is 8.39. The molecule has 2 N–H and O–H groups in total. The van der Waals surface area contributed by atoms with Gasteiger partial charge in [-0.15, -0.1) is 5.10 Å². The van der Waals surface area contributed by atoms with Crippen LogP contribution in [0.2, 0.25) is 0 Å². The van der Waals surface area contributed by atoms with Gasteiger partial charge in [0.1, 0.15) is 18.4 Å². The van der Waals surface area contributed by atoms with E-state index in [2.05, 4.69) is 38.7 Å². The third-order valence-corrected chi connectivity index (χ3v) is 8.21. The van der Waals surface area contributed by atoms with Crippen molar-refractivity contribution in [2.75, 3.05) is 10.6 Å². The van der Waals surface area contributed by atoms with Gasteiger partial charge in [0.15, 0.2) is 0 Å². The van der Waals surface area contributed by atoms with Crippen LogP contribution in [0.3, 0.4) is 0 Å². The van der Waals surface area contributed by atoms with Gasteiger partial charge in [-0.05, 0) is 60.0 Å². The molecule has 7 nitrogen and oxygen atoms in total. The van der Waals surface area contributed by atoms with Crippen molar-refractivity contribution in [2.45, 2.75) is 30.5 Å². The number of anilines is 2. The molecule has 42 heavy (non-hydrogen) atoms. The van der Waals surface area contributed by atoms with E-state index in [9.17, 15) is 4.79 Å². The Morgan fingerprint density at radius 1 is 0.952 bits per heavy atom. The van der Waals surface area contributed by atoms with Gasteiger partial charge in [0.2, 0.25) is 11.1 Å². The summed E-state index contributed by atoms with van der Waals surface area (Å²) >= 11 is 5.07. The van der Waals surface area contributed by atoms with E-state index in [0.717, 1.165) is 38.5 Å². The van der Waals surface area contributed by atoms with Gasteiger partial charge >= 0.3 is 0 Å². The van der Waals surface area contributed by atoms with Crippen LogP contribution < -0.4 is 15.4 Å². The highest BCUT2D eigenvalue weighted by atomic mass is 79.9. The number of ether oxygens (including phenoxy) is 1. The fraction of sp³-hybridized carbons (Fsp3) is 0.121. The van der Waals surface area contributed by atoms with E-state index in [1.165, 1.54) is 5.56 Å². The summed E-state index contributed by atoms with van der Waals surface area (Å²) in [5.74, 6) is 1.87. The number of carbonyl (C=O) groups is 1. The van der Waals surface area contributed by atoms with Crippen LogP contribution in [-0.2, 0) is 17.2 Å². The Morgan fingerprint density at radius 2 is 1.67 bits per heavy atom. The number of benzene rings is 4. The standard InChI is InChI=1S/C33H28BrN5O2S/c1-22-29(31(40)36-27-13-6-3-7-14-27)30(25-15-17-28(18-16-25)41-20-24-11-8-12-26(34)19-24)39-32(35-22)37-33(38-39)42-21-23-9-4-2-5-10-23/h2-19,30H,20-21H2,1H3,(H,36,40)(H,35,37,38). The van der Waals surface area contributed by atoms with Gasteiger partial charge in [-0.2, -0.15) is 4.98 Å². The van der Waals surface area contributed by atoms with Gasteiger partial charge in [-0.3, -0.25) is 4.79 Å². The molecule has 1 unspecified atom stereocenters. The summed E-state index contributed by atoms with van der Waals surface area (Å²) in [5.41, 5.74) is 5.17. The zero-order valence-corrected chi connectivity index (χ0v) is 25.2. The molecule has 1 aliphatic rings. The van der Waals surface area contributed by atoms with Gasteiger partial charge in [-0.25, -0.2) is 4.68 Å². The highest BCUT2D eigenvalue weighted by molar-refractivity contribution is 9.10. The molecule has 1 aromatic heterocycles. The average Bonchev–Trinajstić information content (AvgIpc) is 3.42. The van der Waals surface area contributed by atoms with Gasteiger partial charge in [0, 0.05) is 21.6 Å². The Bertz CT molecular complexity index is 1720. The van der Waals surface area contributed by atoms with Crippen molar-refractivity contribution in [3.8, 4) is 5.75 Å². The van der Waals surface area contributed by atoms with E-state index in [0.29, 0.717) is 23.3 Å². The lowest BCUT2D eigenvalue weighted by atomic mass is 9.95. The zero-order valence-electron chi connectivity index (χ0n) is 22.8. The Morgan fingerprint density at radius 3 is 2.40 bits per heavy atom. The SMILES string of the molecule is CC1=C(C(=O)Nc2ccccc2)C(c2ccc(OCc3cccc(Br)c3)cc2)n2nc(SCc3ccccc3)nc2N1. The summed E-state index contributed by atoms with van der Waals surface area (Å²) in [5, 5.41) is 11.9. The van der Waals surface area contributed by atoms with E-state index in [-0.39, 0.29) is 5.91 Å². The molecule has 0 bridgehead atoms. The number of thioether (sulfide) groups is 1. The number of amides is 1. The van der Waals surface area contributed by atoms with Crippen LogP contribution in [0.15, 0.2) is 130 Å². The molecule has 1 aliphatic heterocycles. The number of hydrogen-bond acceptors (Lipinski definition) is 6. The summed E-state index contributed by atoms with van der Waals surface area (Å²) in [6.07, 6.45) is 0. The first-order chi connectivity index (χ1) is 20.5. The number of carbonyl (C=O) groups excluding carboxylic acids is 1. The lowest BCUT2D eigenvalue weighted by Crippen LogP contribution is -2.31. The topological polar surface area (TPSA) is 81.1 Å². The molecule has 5 aromatic rings. The van der Waals surface area contributed by atoms with Crippen molar-refractivity contribution < 1.29 is 9.53 Å². The maximum absolute atomic E-state index is 13.7. The Labute approximate surface area is 257 Å². The lowest BCUT2D eigenvalue weighted by Gasteiger charge is -2.28. The van der Waals surface area contributed by atoms with Gasteiger partial charge in [0.25, 0.3) is 5.91 Å². The first kappa shape index (κ1) is 27.8. The largest absolute Gasteiger partial charge is 0.489 e. The second kappa shape index (κ2) is 12.7. The van der Waals surface area contributed by atoms with E-state index in [4.69, 9.17) is 14.8 Å². The minimum absolute atomic E-state index is 0.203. The second-order valence-corrected chi connectivity index (χ2v) is 11.7. The Balaban J connectivity index is 1.29. The lowest BCUT2D eigenvalue weighted by molar-refractivity contribution is -0.113. The van der Waals surface area contributed by atoms with E-state index in [1.807, 2.05) is 104 Å². The van der Waals surface area contributed by atoms with Crippen LogP contribution >= 0.6 is 27.7 Å². The molecule has 0 saturated carbocycles. The fourth-order valence-corrected chi connectivity index (χ4v) is 6.01. The Hall–Kier alpha value is -4.34. The number of fused-ring (bicyclic) bond motifs is 1. The molecule has 4 aromatic carbocycles. The third kappa shape index (κ3) is 6.42. The number of para-hydroxylation sites is 1. The van der Waals surface area contributed by atoms with Crippen LogP contribution in [0.4, 0.5) is 11.6 Å². The molecule has 0 aliphatic carbocycles. The highest BCUT2D eigenvalue weighted by Crippen LogP contribution is 2.37. The number of nitrogens with one attached hydrogen (secondary N) is 2. The van der Waals surface area contributed by atoms with Crippen molar-refractivity contribution >= 4 is 45.2 Å². The number of hydrogen-bond donors (Lipinski definition) is 2. The maximum Gasteiger partial charge on any atom is 0.255 e. The molecular formula is C33H28BrN5O2S. The van der Waals surface area contributed by atoms with Gasteiger partial charge in [0.05, 0.1) is 5.57 Å². The third-order valence-electron chi connectivity index (χ3n) is 6.81. The number of aromatic nitrogens is 3. The number of nitrogens with zero attached hydrogens (tertiary/aromatic N) is 3. The molecule has 0 saturated heterocycles. The average molecular weight is 639 g/mol. The molecule has 2 heterocycles. The van der Waals surface area contributed by atoms with Crippen molar-refractivity contribution in [1.82, 2.24) is 14.8 Å². The predicted octanol–water partition coefficient (Wildman–Crippen LogP) is 7.84. The summed E-state index contributed by atoms with van der Waals surface area (Å²) in [6, 6.07) is 35.1. The van der Waals surface area contributed by atoms with Gasteiger partial charge < -0.3 is 15.4 Å². The number of rotatable bonds is 9. The van der Waals surface area contributed by atoms with Crippen LogP contribution in [-0.4, -0.2) is 20.7 Å². The van der Waals surface area contributed by atoms with E-state index < -0.39 is 6.04 Å². The van der Waals surface area contributed by atoms with Crippen molar-refractivity contribution in [3.05, 3.63) is 142 Å². The zero-order chi connectivity index (χ0) is 28.9. The van der Waals surface area contributed by atoms with Crippen molar-refractivity contribution in [1.29, 1.82) is 0 Å². The van der Waals surface area contributed by atoms with Gasteiger partial charge in [-0.1, -0.05) is 100 Å². The quantitative estimate of drug-likeness (QED) is 0.160. The predicted molar refractivity (Wildman–Crippen MR) is 170 cm³/mol. The van der Waals surface area contributed by atoms with Crippen molar-refractivity contribution in [3.63, 3.8) is 0 Å². The highest BCUT2D eigenvalue weighted by Gasteiger charge is 2.34. The summed E-state index contributed by atoms with van der Waals surface area (Å²) < 4.78 is 8.86. The molecule has 0 spiro atoms.